The smallest absolute Gasteiger partial charge is 0.277 e. The van der Waals surface area contributed by atoms with Gasteiger partial charge in [0, 0.05) is 44.6 Å². The first-order valence-electron chi connectivity index (χ1n) is 8.58. The number of hydrogen-bond acceptors (Lipinski definition) is 5. The van der Waals surface area contributed by atoms with Crippen molar-refractivity contribution in [2.45, 2.75) is 32.1 Å². The van der Waals surface area contributed by atoms with Crippen molar-refractivity contribution in [2.24, 2.45) is 7.05 Å². The largest absolute Gasteiger partial charge is 0.347 e. The van der Waals surface area contributed by atoms with E-state index >= 15 is 0 Å². The van der Waals surface area contributed by atoms with Crippen LogP contribution in [0.4, 0.5) is 0 Å². The minimum atomic E-state index is -0.501. The average Bonchev–Trinajstić information content (AvgIpc) is 3.16. The van der Waals surface area contributed by atoms with E-state index in [9.17, 15) is 9.59 Å². The molecule has 0 atom stereocenters. The summed E-state index contributed by atoms with van der Waals surface area (Å²) in [5, 5.41) is 5.11. The maximum absolute atomic E-state index is 12.7. The van der Waals surface area contributed by atoms with Crippen molar-refractivity contribution in [3.63, 3.8) is 0 Å². The lowest BCUT2D eigenvalue weighted by atomic mass is 10.0. The third-order valence-electron chi connectivity index (χ3n) is 5.15. The summed E-state index contributed by atoms with van der Waals surface area (Å²) in [6.45, 7) is 4.31. The second-order valence-electron chi connectivity index (χ2n) is 6.71. The lowest BCUT2D eigenvalue weighted by molar-refractivity contribution is -0.187. The number of aryl methyl sites for hydroxylation is 2. The molecule has 0 N–H and O–H groups in total. The van der Waals surface area contributed by atoms with Crippen LogP contribution < -0.4 is 5.56 Å². The van der Waals surface area contributed by atoms with Crippen LogP contribution in [0.3, 0.4) is 0 Å². The Hall–Kier alpha value is -2.19. The van der Waals surface area contributed by atoms with Gasteiger partial charge < -0.3 is 18.9 Å². The number of aromatic nitrogens is 3. The Kier molecular flexibility index (Phi) is 3.88. The number of amides is 1. The van der Waals surface area contributed by atoms with Gasteiger partial charge in [0.15, 0.2) is 5.79 Å². The summed E-state index contributed by atoms with van der Waals surface area (Å²) in [6.07, 6.45) is 3.02. The molecular weight excluding hydrogens is 324 g/mol. The topological polar surface area (TPSA) is 78.6 Å². The molecule has 2 fully saturated rings. The number of carbonyl (C=O) groups is 1. The third-order valence-corrected chi connectivity index (χ3v) is 5.15. The zero-order chi connectivity index (χ0) is 17.6. The number of piperidine rings is 1. The number of likely N-dealkylation sites (tertiary alicyclic amines) is 1. The molecule has 0 aromatic carbocycles. The summed E-state index contributed by atoms with van der Waals surface area (Å²) in [5.41, 5.74) is 1.15. The van der Waals surface area contributed by atoms with Crippen LogP contribution in [0.2, 0.25) is 0 Å². The van der Waals surface area contributed by atoms with Gasteiger partial charge in [-0.05, 0) is 13.0 Å². The Balaban J connectivity index is 1.50. The van der Waals surface area contributed by atoms with Crippen LogP contribution in [0, 0.1) is 6.92 Å². The van der Waals surface area contributed by atoms with Gasteiger partial charge in [0.25, 0.3) is 5.56 Å². The van der Waals surface area contributed by atoms with Gasteiger partial charge in [-0.25, -0.2) is 0 Å². The Morgan fingerprint density at radius 2 is 1.96 bits per heavy atom. The highest BCUT2D eigenvalue weighted by atomic mass is 16.7. The quantitative estimate of drug-likeness (QED) is 0.787. The molecule has 0 saturated carbocycles. The molecule has 2 aromatic rings. The van der Waals surface area contributed by atoms with Crippen LogP contribution in [0.5, 0.6) is 0 Å². The van der Waals surface area contributed by atoms with Gasteiger partial charge in [0.1, 0.15) is 12.1 Å². The second kappa shape index (κ2) is 5.96. The van der Waals surface area contributed by atoms with Gasteiger partial charge in [-0.1, -0.05) is 0 Å². The molecule has 1 amide bonds. The molecule has 2 aliphatic rings. The van der Waals surface area contributed by atoms with Gasteiger partial charge in [0.2, 0.25) is 5.91 Å². The van der Waals surface area contributed by atoms with Gasteiger partial charge in [-0.15, -0.1) is 0 Å². The van der Waals surface area contributed by atoms with E-state index in [0.29, 0.717) is 44.7 Å². The molecule has 1 spiro atoms. The zero-order valence-electron chi connectivity index (χ0n) is 14.5. The van der Waals surface area contributed by atoms with Crippen LogP contribution in [-0.2, 0) is 27.9 Å². The van der Waals surface area contributed by atoms with E-state index in [4.69, 9.17) is 9.47 Å². The van der Waals surface area contributed by atoms with E-state index in [1.807, 2.05) is 13.0 Å². The molecule has 8 heteroatoms. The van der Waals surface area contributed by atoms with E-state index in [2.05, 4.69) is 5.10 Å². The first-order chi connectivity index (χ1) is 12.0. The molecule has 25 heavy (non-hydrogen) atoms. The number of ether oxygens (including phenoxy) is 2. The molecule has 0 aliphatic carbocycles. The third kappa shape index (κ3) is 2.75. The van der Waals surface area contributed by atoms with Crippen molar-refractivity contribution >= 4 is 16.8 Å². The van der Waals surface area contributed by atoms with Crippen molar-refractivity contribution < 1.29 is 14.3 Å². The van der Waals surface area contributed by atoms with Crippen LogP contribution in [0.25, 0.3) is 10.9 Å². The van der Waals surface area contributed by atoms with Crippen LogP contribution in [0.1, 0.15) is 18.5 Å². The Bertz CT molecular complexity index is 869. The fraction of sp³-hybridized carbons (Fsp3) is 0.588. The normalized spacial score (nSPS) is 19.8. The van der Waals surface area contributed by atoms with E-state index in [1.54, 1.807) is 22.8 Å². The van der Waals surface area contributed by atoms with Crippen LogP contribution >= 0.6 is 0 Å². The monoisotopic (exact) mass is 346 g/mol. The Morgan fingerprint density at radius 1 is 1.28 bits per heavy atom. The molecule has 8 nitrogen and oxygen atoms in total. The van der Waals surface area contributed by atoms with E-state index < -0.39 is 5.79 Å². The first-order valence-corrected chi connectivity index (χ1v) is 8.58. The van der Waals surface area contributed by atoms with Crippen molar-refractivity contribution in [3.05, 3.63) is 28.3 Å². The standard InChI is InChI=1S/C17H22N4O4/c1-12-13-3-6-21(16(23)15(13)19(2)18-12)11-14(22)20-7-4-17(5-8-20)24-9-10-25-17/h3,6H,4-5,7-11H2,1-2H3. The van der Waals surface area contributed by atoms with Gasteiger partial charge in [-0.2, -0.15) is 5.10 Å². The van der Waals surface area contributed by atoms with E-state index in [-0.39, 0.29) is 18.0 Å². The van der Waals surface area contributed by atoms with Crippen LogP contribution in [0.15, 0.2) is 17.1 Å². The first kappa shape index (κ1) is 16.3. The molecule has 0 unspecified atom stereocenters. The summed E-state index contributed by atoms with van der Waals surface area (Å²) in [6, 6.07) is 1.84. The summed E-state index contributed by atoms with van der Waals surface area (Å²) >= 11 is 0. The summed E-state index contributed by atoms with van der Waals surface area (Å²) < 4.78 is 14.4. The Morgan fingerprint density at radius 3 is 2.64 bits per heavy atom. The van der Waals surface area contributed by atoms with Gasteiger partial charge in [-0.3, -0.25) is 14.3 Å². The highest BCUT2D eigenvalue weighted by Crippen LogP contribution is 2.31. The molecule has 2 saturated heterocycles. The molecule has 4 rings (SSSR count). The fourth-order valence-corrected chi connectivity index (χ4v) is 3.75. The average molecular weight is 346 g/mol. The SMILES string of the molecule is Cc1nn(C)c2c(=O)n(CC(=O)N3CCC4(CC3)OCCO4)ccc12. The highest BCUT2D eigenvalue weighted by molar-refractivity contribution is 5.81. The number of hydrogen-bond donors (Lipinski definition) is 0. The molecule has 2 aromatic heterocycles. The second-order valence-corrected chi connectivity index (χ2v) is 6.71. The molecule has 4 heterocycles. The fourth-order valence-electron chi connectivity index (χ4n) is 3.75. The van der Waals surface area contributed by atoms with Gasteiger partial charge in [0.05, 0.1) is 18.9 Å². The maximum atomic E-state index is 12.7. The minimum absolute atomic E-state index is 0.0354. The molecule has 134 valence electrons. The van der Waals surface area contributed by atoms with E-state index in [0.717, 1.165) is 11.1 Å². The summed E-state index contributed by atoms with van der Waals surface area (Å²) in [4.78, 5) is 27.1. The summed E-state index contributed by atoms with van der Waals surface area (Å²) in [5.74, 6) is -0.563. The minimum Gasteiger partial charge on any atom is -0.347 e. The van der Waals surface area contributed by atoms with Crippen molar-refractivity contribution in [2.75, 3.05) is 26.3 Å². The zero-order valence-corrected chi connectivity index (χ0v) is 14.5. The number of nitrogens with zero attached hydrogens (tertiary/aromatic N) is 4. The Labute approximate surface area is 144 Å². The lowest BCUT2D eigenvalue weighted by Gasteiger charge is -2.37. The molecular formula is C17H22N4O4. The van der Waals surface area contributed by atoms with Crippen molar-refractivity contribution in [1.29, 1.82) is 0 Å². The van der Waals surface area contributed by atoms with Gasteiger partial charge >= 0.3 is 0 Å². The predicted molar refractivity (Wildman–Crippen MR) is 90.2 cm³/mol. The highest BCUT2D eigenvalue weighted by Gasteiger charge is 2.40. The molecule has 2 aliphatic heterocycles. The number of carbonyl (C=O) groups excluding carboxylic acids is 1. The number of fused-ring (bicyclic) bond motifs is 1. The van der Waals surface area contributed by atoms with Crippen molar-refractivity contribution in [1.82, 2.24) is 19.2 Å². The van der Waals surface area contributed by atoms with E-state index in [1.165, 1.54) is 4.57 Å². The van der Waals surface area contributed by atoms with Crippen molar-refractivity contribution in [3.8, 4) is 0 Å². The lowest BCUT2D eigenvalue weighted by Crippen LogP contribution is -2.48. The van der Waals surface area contributed by atoms with Crippen LogP contribution in [-0.4, -0.2) is 57.2 Å². The summed E-state index contributed by atoms with van der Waals surface area (Å²) in [7, 11) is 1.74. The number of rotatable bonds is 2. The predicted octanol–water partition coefficient (Wildman–Crippen LogP) is 0.409. The maximum Gasteiger partial charge on any atom is 0.277 e. The molecule has 0 radical (unpaired) electrons. The number of pyridine rings is 1. The molecule has 0 bridgehead atoms.